The molecule has 1 heterocycles. The Bertz CT molecular complexity index is 208. The Morgan fingerprint density at radius 2 is 1.69 bits per heavy atom. The van der Waals surface area contributed by atoms with E-state index in [2.05, 4.69) is 32.6 Å². The Morgan fingerprint density at radius 3 is 2.12 bits per heavy atom. The number of aliphatic hydroxyl groups is 1. The molecule has 1 aliphatic rings. The largest absolute Gasteiger partial charge is 0.393 e. The van der Waals surface area contributed by atoms with Crippen LogP contribution < -0.4 is 0 Å². The van der Waals surface area contributed by atoms with Gasteiger partial charge in [0.25, 0.3) is 0 Å². The number of ether oxygens (including phenoxy) is 1. The minimum Gasteiger partial charge on any atom is -0.393 e. The zero-order valence-corrected chi connectivity index (χ0v) is 11.4. The summed E-state index contributed by atoms with van der Waals surface area (Å²) in [4.78, 5) is 2.47. The van der Waals surface area contributed by atoms with Crippen LogP contribution in [-0.2, 0) is 4.74 Å². The summed E-state index contributed by atoms with van der Waals surface area (Å²) in [5.41, 5.74) is 0.108. The maximum atomic E-state index is 9.91. The van der Waals surface area contributed by atoms with Gasteiger partial charge in [0.15, 0.2) is 0 Å². The lowest BCUT2D eigenvalue weighted by molar-refractivity contribution is -0.0896. The summed E-state index contributed by atoms with van der Waals surface area (Å²) in [6, 6.07) is 0. The van der Waals surface area contributed by atoms with Crippen LogP contribution in [0.15, 0.2) is 0 Å². The van der Waals surface area contributed by atoms with E-state index in [1.165, 1.54) is 0 Å². The molecule has 1 aliphatic heterocycles. The molecule has 96 valence electrons. The molecule has 0 radical (unpaired) electrons. The summed E-state index contributed by atoms with van der Waals surface area (Å²) in [6.07, 6.45) is 1.53. The molecular formula is C13H27NO2. The molecule has 0 spiro atoms. The summed E-state index contributed by atoms with van der Waals surface area (Å²) < 4.78 is 5.45. The van der Waals surface area contributed by atoms with Crippen LogP contribution in [-0.4, -0.2) is 46.9 Å². The molecule has 1 saturated heterocycles. The van der Waals surface area contributed by atoms with Gasteiger partial charge < -0.3 is 9.84 Å². The first-order valence-corrected chi connectivity index (χ1v) is 6.33. The Kier molecular flexibility index (Phi) is 4.38. The second kappa shape index (κ2) is 5.03. The van der Waals surface area contributed by atoms with Crippen LogP contribution in [0.2, 0.25) is 0 Å². The molecule has 0 bridgehead atoms. The third-order valence-electron chi connectivity index (χ3n) is 3.60. The molecule has 1 N–H and O–H groups in total. The minimum atomic E-state index is -0.173. The second-order valence-corrected chi connectivity index (χ2v) is 6.04. The number of nitrogens with zero attached hydrogens (tertiary/aromatic N) is 1. The Hall–Kier alpha value is -0.120. The van der Waals surface area contributed by atoms with Crippen molar-refractivity contribution < 1.29 is 9.84 Å². The summed E-state index contributed by atoms with van der Waals surface area (Å²) >= 11 is 0. The molecule has 3 nitrogen and oxygen atoms in total. The molecule has 0 unspecified atom stereocenters. The highest BCUT2D eigenvalue weighted by Crippen LogP contribution is 2.37. The van der Waals surface area contributed by atoms with Crippen LogP contribution in [0.3, 0.4) is 0 Å². The van der Waals surface area contributed by atoms with Gasteiger partial charge in [-0.05, 0) is 47.5 Å². The summed E-state index contributed by atoms with van der Waals surface area (Å²) in [6.45, 7) is 13.4. The zero-order chi connectivity index (χ0) is 12.4. The molecule has 0 amide bonds. The third-order valence-corrected chi connectivity index (χ3v) is 3.60. The maximum absolute atomic E-state index is 9.91. The molecule has 1 rings (SSSR count). The first-order chi connectivity index (χ1) is 7.29. The van der Waals surface area contributed by atoms with E-state index in [0.717, 1.165) is 32.6 Å². The zero-order valence-electron chi connectivity index (χ0n) is 11.4. The van der Waals surface area contributed by atoms with Crippen molar-refractivity contribution >= 4 is 0 Å². The average Bonchev–Trinajstić information content (AvgIpc) is 2.07. The Labute approximate surface area is 99.8 Å². The van der Waals surface area contributed by atoms with Gasteiger partial charge in [0.1, 0.15) is 0 Å². The first kappa shape index (κ1) is 13.9. The van der Waals surface area contributed by atoms with Crippen molar-refractivity contribution in [3.63, 3.8) is 0 Å². The van der Waals surface area contributed by atoms with Gasteiger partial charge in [0.2, 0.25) is 0 Å². The van der Waals surface area contributed by atoms with E-state index in [4.69, 9.17) is 4.74 Å². The van der Waals surface area contributed by atoms with Crippen molar-refractivity contribution in [1.29, 1.82) is 0 Å². The highest BCUT2D eigenvalue weighted by atomic mass is 16.5. The Morgan fingerprint density at radius 1 is 1.19 bits per heavy atom. The number of hydrogen-bond acceptors (Lipinski definition) is 3. The van der Waals surface area contributed by atoms with Gasteiger partial charge in [-0.2, -0.15) is 0 Å². The fourth-order valence-electron chi connectivity index (χ4n) is 3.17. The molecule has 0 atom stereocenters. The maximum Gasteiger partial charge on any atom is 0.0593 e. The summed E-state index contributed by atoms with van der Waals surface area (Å²) in [5.74, 6) is 0. The molecule has 1 fully saturated rings. The van der Waals surface area contributed by atoms with Crippen LogP contribution in [0.25, 0.3) is 0 Å². The van der Waals surface area contributed by atoms with Crippen molar-refractivity contribution in [3.05, 3.63) is 0 Å². The lowest BCUT2D eigenvalue weighted by Crippen LogP contribution is -2.62. The molecule has 0 aromatic rings. The lowest BCUT2D eigenvalue weighted by atomic mass is 9.78. The SMILES string of the molecule is CCOCCN1C(C)(C)CC(O)CC1(C)C. The molecular weight excluding hydrogens is 202 g/mol. The van der Waals surface area contributed by atoms with Gasteiger partial charge in [-0.1, -0.05) is 0 Å². The smallest absolute Gasteiger partial charge is 0.0593 e. The molecule has 16 heavy (non-hydrogen) atoms. The van der Waals surface area contributed by atoms with E-state index in [1.807, 2.05) is 6.92 Å². The van der Waals surface area contributed by atoms with Crippen molar-refractivity contribution in [2.45, 2.75) is 64.6 Å². The topological polar surface area (TPSA) is 32.7 Å². The predicted octanol–water partition coefficient (Wildman–Crippen LogP) is 2.04. The van der Waals surface area contributed by atoms with Gasteiger partial charge in [-0.15, -0.1) is 0 Å². The summed E-state index contributed by atoms with van der Waals surface area (Å²) in [7, 11) is 0. The van der Waals surface area contributed by atoms with E-state index >= 15 is 0 Å². The molecule has 0 saturated carbocycles. The van der Waals surface area contributed by atoms with Crippen LogP contribution in [0, 0.1) is 0 Å². The van der Waals surface area contributed by atoms with E-state index < -0.39 is 0 Å². The monoisotopic (exact) mass is 229 g/mol. The lowest BCUT2D eigenvalue weighted by Gasteiger charge is -2.54. The fraction of sp³-hybridized carbons (Fsp3) is 1.00. The number of likely N-dealkylation sites (tertiary alicyclic amines) is 1. The molecule has 3 heteroatoms. The highest BCUT2D eigenvalue weighted by molar-refractivity contribution is 4.99. The van der Waals surface area contributed by atoms with E-state index in [9.17, 15) is 5.11 Å². The van der Waals surface area contributed by atoms with Gasteiger partial charge in [0.05, 0.1) is 12.7 Å². The van der Waals surface area contributed by atoms with E-state index in [1.54, 1.807) is 0 Å². The molecule has 0 aliphatic carbocycles. The standard InChI is InChI=1S/C13H27NO2/c1-6-16-8-7-14-12(2,3)9-11(15)10-13(14,4)5/h11,15H,6-10H2,1-5H3. The molecule has 0 aromatic carbocycles. The molecule has 0 aromatic heterocycles. The van der Waals surface area contributed by atoms with Crippen molar-refractivity contribution in [3.8, 4) is 0 Å². The highest BCUT2D eigenvalue weighted by Gasteiger charge is 2.44. The Balaban J connectivity index is 2.68. The summed E-state index contributed by atoms with van der Waals surface area (Å²) in [5, 5.41) is 9.91. The number of piperidine rings is 1. The average molecular weight is 229 g/mol. The van der Waals surface area contributed by atoms with Gasteiger partial charge in [-0.25, -0.2) is 0 Å². The minimum absolute atomic E-state index is 0.0538. The van der Waals surface area contributed by atoms with Crippen LogP contribution in [0.5, 0.6) is 0 Å². The van der Waals surface area contributed by atoms with Crippen LogP contribution in [0.1, 0.15) is 47.5 Å². The van der Waals surface area contributed by atoms with Crippen molar-refractivity contribution in [2.24, 2.45) is 0 Å². The van der Waals surface area contributed by atoms with Gasteiger partial charge in [0, 0.05) is 24.2 Å². The second-order valence-electron chi connectivity index (χ2n) is 6.04. The van der Waals surface area contributed by atoms with E-state index in [0.29, 0.717) is 0 Å². The fourth-order valence-corrected chi connectivity index (χ4v) is 3.17. The first-order valence-electron chi connectivity index (χ1n) is 6.33. The van der Waals surface area contributed by atoms with Gasteiger partial charge >= 0.3 is 0 Å². The van der Waals surface area contributed by atoms with Crippen molar-refractivity contribution in [1.82, 2.24) is 4.90 Å². The van der Waals surface area contributed by atoms with E-state index in [-0.39, 0.29) is 17.2 Å². The van der Waals surface area contributed by atoms with Crippen LogP contribution in [0.4, 0.5) is 0 Å². The van der Waals surface area contributed by atoms with Crippen LogP contribution >= 0.6 is 0 Å². The normalized spacial score (nSPS) is 25.9. The quantitative estimate of drug-likeness (QED) is 0.749. The number of rotatable bonds is 4. The van der Waals surface area contributed by atoms with Gasteiger partial charge in [-0.3, -0.25) is 4.90 Å². The third kappa shape index (κ3) is 3.19. The number of aliphatic hydroxyl groups excluding tert-OH is 1. The van der Waals surface area contributed by atoms with Crippen molar-refractivity contribution in [2.75, 3.05) is 19.8 Å². The number of hydrogen-bond donors (Lipinski definition) is 1. The predicted molar refractivity (Wildman–Crippen MR) is 66.6 cm³/mol.